The zero-order valence-electron chi connectivity index (χ0n) is 15.5. The first-order valence-corrected chi connectivity index (χ1v) is 9.21. The van der Waals surface area contributed by atoms with E-state index in [4.69, 9.17) is 19.3 Å². The predicted octanol–water partition coefficient (Wildman–Crippen LogP) is 1.54. The molecule has 0 aromatic heterocycles. The molecule has 2 unspecified atom stereocenters. The molecule has 1 fully saturated rings. The lowest BCUT2D eigenvalue weighted by molar-refractivity contribution is -0.132. The van der Waals surface area contributed by atoms with E-state index in [1.807, 2.05) is 25.3 Å². The van der Waals surface area contributed by atoms with Gasteiger partial charge < -0.3 is 29.5 Å². The van der Waals surface area contributed by atoms with Crippen LogP contribution in [0.5, 0.6) is 5.75 Å². The highest BCUT2D eigenvalue weighted by atomic mass is 16.5. The number of nitrogens with zero attached hydrogens (tertiary/aromatic N) is 1. The standard InChI is InChI=1S/C20H26N2O5/c1-2-25-20-18(4-3-10-21-20)27-17-9-11-22(12-17)19(24)14-26-16-7-5-15(13-23)6-8-16/h3-8,10,17,20-21,23H,2,9,11-14H2,1H3. The van der Waals surface area contributed by atoms with E-state index in [1.165, 1.54) is 0 Å². The summed E-state index contributed by atoms with van der Waals surface area (Å²) < 4.78 is 17.2. The van der Waals surface area contributed by atoms with Crippen LogP contribution in [-0.2, 0) is 20.9 Å². The molecule has 2 N–H and O–H groups in total. The second kappa shape index (κ2) is 9.43. The molecule has 146 valence electrons. The number of aliphatic hydroxyl groups excluding tert-OH is 1. The molecule has 0 saturated carbocycles. The van der Waals surface area contributed by atoms with Crippen LogP contribution < -0.4 is 10.1 Å². The van der Waals surface area contributed by atoms with Crippen LogP contribution in [0.15, 0.2) is 48.4 Å². The van der Waals surface area contributed by atoms with E-state index in [0.717, 1.165) is 17.7 Å². The van der Waals surface area contributed by atoms with Gasteiger partial charge in [0.25, 0.3) is 5.91 Å². The van der Waals surface area contributed by atoms with Gasteiger partial charge in [-0.1, -0.05) is 12.1 Å². The number of carbonyl (C=O) groups excluding carboxylic acids is 1. The molecule has 1 saturated heterocycles. The van der Waals surface area contributed by atoms with Crippen LogP contribution in [0.25, 0.3) is 0 Å². The van der Waals surface area contributed by atoms with Gasteiger partial charge in [0.15, 0.2) is 12.8 Å². The SMILES string of the molecule is CCOC1NC=CC=C1OC1CCN(C(=O)COc2ccc(CO)cc2)C1. The minimum absolute atomic E-state index is 0.0136. The molecule has 1 aromatic rings. The molecule has 2 aliphatic rings. The average molecular weight is 374 g/mol. The number of ether oxygens (including phenoxy) is 3. The Morgan fingerprint density at radius 1 is 1.33 bits per heavy atom. The largest absolute Gasteiger partial charge is 0.488 e. The third-order valence-corrected chi connectivity index (χ3v) is 4.46. The lowest BCUT2D eigenvalue weighted by Crippen LogP contribution is -2.36. The fourth-order valence-electron chi connectivity index (χ4n) is 3.02. The first-order valence-electron chi connectivity index (χ1n) is 9.21. The molecule has 7 nitrogen and oxygen atoms in total. The minimum atomic E-state index is -0.282. The molecule has 3 rings (SSSR count). The van der Waals surface area contributed by atoms with E-state index in [-0.39, 0.29) is 31.5 Å². The normalized spacial score (nSPS) is 21.6. The molecule has 0 spiro atoms. The van der Waals surface area contributed by atoms with Gasteiger partial charge in [0.1, 0.15) is 17.6 Å². The van der Waals surface area contributed by atoms with Crippen LogP contribution >= 0.6 is 0 Å². The maximum atomic E-state index is 12.4. The molecule has 2 heterocycles. The van der Waals surface area contributed by atoms with Crippen LogP contribution in [0.1, 0.15) is 18.9 Å². The predicted molar refractivity (Wildman–Crippen MR) is 99.7 cm³/mol. The van der Waals surface area contributed by atoms with E-state index in [2.05, 4.69) is 5.32 Å². The molecule has 2 atom stereocenters. The fraction of sp³-hybridized carbons (Fsp3) is 0.450. The second-order valence-corrected chi connectivity index (χ2v) is 6.39. The van der Waals surface area contributed by atoms with Crippen molar-refractivity contribution >= 4 is 5.91 Å². The summed E-state index contributed by atoms with van der Waals surface area (Å²) in [5.41, 5.74) is 0.805. The van der Waals surface area contributed by atoms with Crippen LogP contribution in [-0.4, -0.2) is 54.5 Å². The molecule has 0 radical (unpaired) electrons. The van der Waals surface area contributed by atoms with Crippen LogP contribution in [0.3, 0.4) is 0 Å². The van der Waals surface area contributed by atoms with Gasteiger partial charge in [0.05, 0.1) is 13.2 Å². The fourth-order valence-corrected chi connectivity index (χ4v) is 3.02. The summed E-state index contributed by atoms with van der Waals surface area (Å²) in [6.07, 6.45) is 6.02. The monoisotopic (exact) mass is 374 g/mol. The lowest BCUT2D eigenvalue weighted by Gasteiger charge is -2.26. The highest BCUT2D eigenvalue weighted by molar-refractivity contribution is 5.78. The number of carbonyl (C=O) groups is 1. The number of aliphatic hydroxyl groups is 1. The summed E-state index contributed by atoms with van der Waals surface area (Å²) in [5.74, 6) is 1.28. The van der Waals surface area contributed by atoms with Gasteiger partial charge in [-0.25, -0.2) is 0 Å². The highest BCUT2D eigenvalue weighted by Crippen LogP contribution is 2.20. The number of hydrogen-bond donors (Lipinski definition) is 2. The molecule has 2 aliphatic heterocycles. The van der Waals surface area contributed by atoms with Gasteiger partial charge in [-0.05, 0) is 43.0 Å². The quantitative estimate of drug-likeness (QED) is 0.719. The second-order valence-electron chi connectivity index (χ2n) is 6.39. The zero-order valence-corrected chi connectivity index (χ0v) is 15.5. The highest BCUT2D eigenvalue weighted by Gasteiger charge is 2.30. The van der Waals surface area contributed by atoms with Gasteiger partial charge in [0.2, 0.25) is 0 Å². The van der Waals surface area contributed by atoms with E-state index in [9.17, 15) is 4.79 Å². The van der Waals surface area contributed by atoms with Gasteiger partial charge in [-0.3, -0.25) is 4.79 Å². The van der Waals surface area contributed by atoms with Crippen molar-refractivity contribution in [2.45, 2.75) is 32.3 Å². The minimum Gasteiger partial charge on any atom is -0.488 e. The first-order chi connectivity index (χ1) is 13.2. The molecular formula is C20H26N2O5. The van der Waals surface area contributed by atoms with Gasteiger partial charge >= 0.3 is 0 Å². The number of benzene rings is 1. The maximum Gasteiger partial charge on any atom is 0.260 e. The number of amides is 1. The number of hydrogen-bond acceptors (Lipinski definition) is 6. The molecule has 0 bridgehead atoms. The average Bonchev–Trinajstić information content (AvgIpc) is 3.17. The van der Waals surface area contributed by atoms with Crippen molar-refractivity contribution in [2.75, 3.05) is 26.3 Å². The van der Waals surface area contributed by atoms with Crippen molar-refractivity contribution in [1.82, 2.24) is 10.2 Å². The topological polar surface area (TPSA) is 80.3 Å². The van der Waals surface area contributed by atoms with Crippen LogP contribution in [0, 0.1) is 0 Å². The Labute approximate surface area is 159 Å². The Morgan fingerprint density at radius 3 is 2.89 bits per heavy atom. The molecular weight excluding hydrogens is 348 g/mol. The van der Waals surface area contributed by atoms with Crippen molar-refractivity contribution in [3.63, 3.8) is 0 Å². The maximum absolute atomic E-state index is 12.4. The first kappa shape index (κ1) is 19.3. The third kappa shape index (κ3) is 5.24. The summed E-state index contributed by atoms with van der Waals surface area (Å²) in [4.78, 5) is 14.1. The third-order valence-electron chi connectivity index (χ3n) is 4.46. The lowest BCUT2D eigenvalue weighted by atomic mass is 10.2. The Kier molecular flexibility index (Phi) is 6.73. The molecule has 0 aliphatic carbocycles. The molecule has 7 heteroatoms. The Morgan fingerprint density at radius 2 is 2.15 bits per heavy atom. The number of likely N-dealkylation sites (tertiary alicyclic amines) is 1. The van der Waals surface area contributed by atoms with Crippen molar-refractivity contribution in [2.24, 2.45) is 0 Å². The number of allylic oxidation sites excluding steroid dienone is 2. The van der Waals surface area contributed by atoms with Crippen LogP contribution in [0.4, 0.5) is 0 Å². The molecule has 1 aromatic carbocycles. The zero-order chi connectivity index (χ0) is 19.1. The smallest absolute Gasteiger partial charge is 0.260 e. The van der Waals surface area contributed by atoms with E-state index in [0.29, 0.717) is 25.4 Å². The van der Waals surface area contributed by atoms with E-state index < -0.39 is 0 Å². The van der Waals surface area contributed by atoms with E-state index >= 15 is 0 Å². The summed E-state index contributed by atoms with van der Waals surface area (Å²) in [7, 11) is 0. The summed E-state index contributed by atoms with van der Waals surface area (Å²) in [6.45, 7) is 3.67. The Balaban J connectivity index is 1.46. The molecule has 27 heavy (non-hydrogen) atoms. The Bertz CT molecular complexity index is 686. The van der Waals surface area contributed by atoms with E-state index in [1.54, 1.807) is 29.2 Å². The summed E-state index contributed by atoms with van der Waals surface area (Å²) in [6, 6.07) is 7.04. The molecule has 1 amide bonds. The number of dihydropyridines is 1. The van der Waals surface area contributed by atoms with Crippen molar-refractivity contribution in [3.05, 3.63) is 53.9 Å². The van der Waals surface area contributed by atoms with Gasteiger partial charge in [0, 0.05) is 19.6 Å². The number of rotatable bonds is 8. The Hall–Kier alpha value is -2.51. The number of nitrogens with one attached hydrogen (secondary N) is 1. The van der Waals surface area contributed by atoms with Gasteiger partial charge in [-0.2, -0.15) is 0 Å². The summed E-state index contributed by atoms with van der Waals surface area (Å²) in [5, 5.41) is 12.2. The van der Waals surface area contributed by atoms with Crippen molar-refractivity contribution < 1.29 is 24.1 Å². The summed E-state index contributed by atoms with van der Waals surface area (Å²) >= 11 is 0. The van der Waals surface area contributed by atoms with Gasteiger partial charge in [-0.15, -0.1) is 0 Å². The van der Waals surface area contributed by atoms with Crippen LogP contribution in [0.2, 0.25) is 0 Å². The van der Waals surface area contributed by atoms with Crippen molar-refractivity contribution in [3.8, 4) is 5.75 Å². The van der Waals surface area contributed by atoms with Crippen molar-refractivity contribution in [1.29, 1.82) is 0 Å².